The number of para-hydroxylation sites is 1. The number of fused-ring (bicyclic) bond motifs is 1. The first-order valence-electron chi connectivity index (χ1n) is 9.57. The van der Waals surface area contributed by atoms with Crippen molar-refractivity contribution in [2.75, 3.05) is 4.90 Å². The lowest BCUT2D eigenvalue weighted by Crippen LogP contribution is -2.41. The summed E-state index contributed by atoms with van der Waals surface area (Å²) in [6.45, 7) is -0.227. The number of halogens is 2. The molecule has 1 N–H and O–H groups in total. The van der Waals surface area contributed by atoms with Crippen molar-refractivity contribution in [2.24, 2.45) is 0 Å². The van der Waals surface area contributed by atoms with Crippen molar-refractivity contribution in [3.05, 3.63) is 104 Å². The van der Waals surface area contributed by atoms with Crippen LogP contribution in [0.2, 0.25) is 5.02 Å². The molecule has 0 aromatic heterocycles. The number of anilines is 1. The van der Waals surface area contributed by atoms with Crippen LogP contribution in [0, 0.1) is 15.9 Å². The molecule has 0 aliphatic carbocycles. The number of rotatable bonds is 6. The van der Waals surface area contributed by atoms with Gasteiger partial charge >= 0.3 is 0 Å². The topological polar surface area (TPSA) is 101 Å². The Morgan fingerprint density at radius 2 is 1.78 bits per heavy atom. The number of Topliss-reactive ketones (excluding diaryl/α,β-unsaturated/α-hetero) is 1. The van der Waals surface area contributed by atoms with E-state index < -0.39 is 34.5 Å². The summed E-state index contributed by atoms with van der Waals surface area (Å²) in [4.78, 5) is 37.5. The standard InChI is InChI=1S/C23H16ClFN2O5/c24-18-5-3-6-19(25)16(18)13-26-20-7-2-1-4-17(20)23(30,22(26)29)12-21(28)14-8-10-15(11-9-14)27(31)32/h1-11,30H,12-13H2/t23-/m0/s1. The number of aliphatic hydroxyl groups is 1. The third-order valence-electron chi connectivity index (χ3n) is 5.43. The molecule has 9 heteroatoms. The molecule has 0 spiro atoms. The summed E-state index contributed by atoms with van der Waals surface area (Å²) < 4.78 is 14.3. The van der Waals surface area contributed by atoms with Crippen LogP contribution < -0.4 is 4.90 Å². The van der Waals surface area contributed by atoms with Crippen LogP contribution in [0.5, 0.6) is 0 Å². The van der Waals surface area contributed by atoms with Gasteiger partial charge in [0.15, 0.2) is 11.4 Å². The minimum atomic E-state index is -2.17. The largest absolute Gasteiger partial charge is 0.375 e. The van der Waals surface area contributed by atoms with Gasteiger partial charge in [-0.15, -0.1) is 0 Å². The second-order valence-electron chi connectivity index (χ2n) is 7.37. The van der Waals surface area contributed by atoms with Gasteiger partial charge in [-0.3, -0.25) is 19.7 Å². The summed E-state index contributed by atoms with van der Waals surface area (Å²) in [5.41, 5.74) is -1.60. The Kier molecular flexibility index (Phi) is 5.50. The van der Waals surface area contributed by atoms with E-state index >= 15 is 0 Å². The molecule has 1 heterocycles. The maximum absolute atomic E-state index is 14.3. The Labute approximate surface area is 186 Å². The van der Waals surface area contributed by atoms with Crippen molar-refractivity contribution >= 4 is 34.7 Å². The molecule has 32 heavy (non-hydrogen) atoms. The molecule has 1 aliphatic heterocycles. The van der Waals surface area contributed by atoms with Crippen molar-refractivity contribution in [1.29, 1.82) is 0 Å². The Morgan fingerprint density at radius 3 is 2.44 bits per heavy atom. The van der Waals surface area contributed by atoms with Gasteiger partial charge in [0.05, 0.1) is 23.6 Å². The molecule has 4 rings (SSSR count). The van der Waals surface area contributed by atoms with Crippen LogP contribution >= 0.6 is 11.6 Å². The minimum absolute atomic E-state index is 0.0864. The van der Waals surface area contributed by atoms with Gasteiger partial charge in [0.2, 0.25) is 0 Å². The number of carbonyl (C=O) groups excluding carboxylic acids is 2. The molecule has 1 amide bonds. The number of nitro benzene ring substituents is 1. The molecule has 0 radical (unpaired) electrons. The van der Waals surface area contributed by atoms with Gasteiger partial charge in [-0.05, 0) is 30.3 Å². The first-order valence-corrected chi connectivity index (χ1v) is 9.94. The molecular weight excluding hydrogens is 439 g/mol. The van der Waals surface area contributed by atoms with Crippen LogP contribution in [0.1, 0.15) is 27.9 Å². The van der Waals surface area contributed by atoms with Gasteiger partial charge in [0.25, 0.3) is 11.6 Å². The molecule has 1 aliphatic rings. The number of amides is 1. The fraction of sp³-hybridized carbons (Fsp3) is 0.130. The van der Waals surface area contributed by atoms with Crippen molar-refractivity contribution in [3.8, 4) is 0 Å². The summed E-state index contributed by atoms with van der Waals surface area (Å²) in [5.74, 6) is -1.95. The van der Waals surface area contributed by atoms with Gasteiger partial charge in [-0.1, -0.05) is 35.9 Å². The predicted octanol–water partition coefficient (Wildman–Crippen LogP) is 4.39. The lowest BCUT2D eigenvalue weighted by molar-refractivity contribution is -0.384. The minimum Gasteiger partial charge on any atom is -0.375 e. The van der Waals surface area contributed by atoms with E-state index in [1.54, 1.807) is 18.2 Å². The number of nitro groups is 1. The quantitative estimate of drug-likeness (QED) is 0.338. The van der Waals surface area contributed by atoms with Crippen molar-refractivity contribution in [3.63, 3.8) is 0 Å². The second-order valence-corrected chi connectivity index (χ2v) is 7.78. The van der Waals surface area contributed by atoms with Crippen LogP contribution in [-0.2, 0) is 16.9 Å². The number of hydrogen-bond donors (Lipinski definition) is 1. The molecule has 162 valence electrons. The lowest BCUT2D eigenvalue weighted by atomic mass is 9.88. The highest BCUT2D eigenvalue weighted by Crippen LogP contribution is 2.44. The third kappa shape index (κ3) is 3.63. The summed E-state index contributed by atoms with van der Waals surface area (Å²) in [5, 5.41) is 22.3. The zero-order chi connectivity index (χ0) is 23.0. The molecule has 7 nitrogen and oxygen atoms in total. The van der Waals surface area contributed by atoms with Gasteiger partial charge in [-0.2, -0.15) is 0 Å². The number of benzene rings is 3. The monoisotopic (exact) mass is 454 g/mol. The predicted molar refractivity (Wildman–Crippen MR) is 115 cm³/mol. The highest BCUT2D eigenvalue weighted by atomic mass is 35.5. The number of ketones is 1. The molecule has 0 saturated carbocycles. The van der Waals surface area contributed by atoms with E-state index in [0.717, 1.165) is 0 Å². The molecular formula is C23H16ClFN2O5. The third-order valence-corrected chi connectivity index (χ3v) is 5.79. The Hall–Kier alpha value is -3.62. The average Bonchev–Trinajstić information content (AvgIpc) is 2.98. The molecule has 1 atom stereocenters. The lowest BCUT2D eigenvalue weighted by Gasteiger charge is -2.23. The van der Waals surface area contributed by atoms with E-state index in [1.165, 1.54) is 53.4 Å². The molecule has 0 unspecified atom stereocenters. The summed E-state index contributed by atoms with van der Waals surface area (Å²) >= 11 is 6.11. The Morgan fingerprint density at radius 1 is 1.09 bits per heavy atom. The Bertz CT molecular complexity index is 1230. The van der Waals surface area contributed by atoms with Gasteiger partial charge < -0.3 is 10.0 Å². The smallest absolute Gasteiger partial charge is 0.269 e. The highest BCUT2D eigenvalue weighted by molar-refractivity contribution is 6.31. The van der Waals surface area contributed by atoms with Crippen LogP contribution in [0.4, 0.5) is 15.8 Å². The van der Waals surface area contributed by atoms with Crippen molar-refractivity contribution in [2.45, 2.75) is 18.6 Å². The zero-order valence-electron chi connectivity index (χ0n) is 16.5. The molecule has 0 fully saturated rings. The van der Waals surface area contributed by atoms with Gasteiger partial charge in [0, 0.05) is 33.8 Å². The van der Waals surface area contributed by atoms with Crippen molar-refractivity contribution < 1.29 is 24.0 Å². The number of hydrogen-bond acceptors (Lipinski definition) is 5. The number of nitrogens with zero attached hydrogens (tertiary/aromatic N) is 2. The van der Waals surface area contributed by atoms with Gasteiger partial charge in [0.1, 0.15) is 5.82 Å². The van der Waals surface area contributed by atoms with Crippen LogP contribution in [0.3, 0.4) is 0 Å². The van der Waals surface area contributed by atoms with E-state index in [-0.39, 0.29) is 33.9 Å². The van der Waals surface area contributed by atoms with E-state index in [0.29, 0.717) is 5.69 Å². The first kappa shape index (κ1) is 21.6. The molecule has 3 aromatic carbocycles. The maximum Gasteiger partial charge on any atom is 0.269 e. The van der Waals surface area contributed by atoms with Gasteiger partial charge in [-0.25, -0.2) is 4.39 Å². The van der Waals surface area contributed by atoms with Crippen LogP contribution in [0.25, 0.3) is 0 Å². The fourth-order valence-electron chi connectivity index (χ4n) is 3.78. The van der Waals surface area contributed by atoms with Crippen LogP contribution in [-0.4, -0.2) is 21.7 Å². The SMILES string of the molecule is O=C(C[C@@]1(O)C(=O)N(Cc2c(F)cccc2Cl)c2ccccc21)c1ccc([N+](=O)[O-])cc1. The van der Waals surface area contributed by atoms with E-state index in [1.807, 2.05) is 0 Å². The highest BCUT2D eigenvalue weighted by Gasteiger charge is 2.51. The first-order chi connectivity index (χ1) is 15.2. The zero-order valence-corrected chi connectivity index (χ0v) is 17.3. The summed E-state index contributed by atoms with van der Waals surface area (Å²) in [7, 11) is 0. The number of carbonyl (C=O) groups is 2. The summed E-state index contributed by atoms with van der Waals surface area (Å²) in [6.07, 6.45) is -0.581. The molecule has 3 aromatic rings. The summed E-state index contributed by atoms with van der Waals surface area (Å²) in [6, 6.07) is 15.4. The number of non-ortho nitro benzene ring substituents is 1. The fourth-order valence-corrected chi connectivity index (χ4v) is 4.00. The molecule has 0 saturated heterocycles. The normalized spacial score (nSPS) is 17.3. The molecule has 0 bridgehead atoms. The van der Waals surface area contributed by atoms with Crippen LogP contribution in [0.15, 0.2) is 66.7 Å². The average molecular weight is 455 g/mol. The van der Waals surface area contributed by atoms with E-state index in [4.69, 9.17) is 11.6 Å². The maximum atomic E-state index is 14.3. The van der Waals surface area contributed by atoms with E-state index in [2.05, 4.69) is 0 Å². The Balaban J connectivity index is 1.67. The van der Waals surface area contributed by atoms with Crippen molar-refractivity contribution in [1.82, 2.24) is 0 Å². The van der Waals surface area contributed by atoms with E-state index in [9.17, 15) is 29.2 Å². The second kappa shape index (κ2) is 8.14.